The van der Waals surface area contributed by atoms with Gasteiger partial charge >= 0.3 is 0 Å². The van der Waals surface area contributed by atoms with Crippen LogP contribution in [-0.2, 0) is 0 Å². The van der Waals surface area contributed by atoms with Crippen LogP contribution in [0.25, 0.3) is 5.52 Å². The van der Waals surface area contributed by atoms with Gasteiger partial charge in [0.15, 0.2) is 0 Å². The van der Waals surface area contributed by atoms with Gasteiger partial charge in [-0.25, -0.2) is 9.97 Å². The lowest BCUT2D eigenvalue weighted by Crippen LogP contribution is -2.27. The zero-order valence-electron chi connectivity index (χ0n) is 9.09. The topological polar surface area (TPSA) is 76.4 Å². The molecule has 2 heterocycles. The summed E-state index contributed by atoms with van der Waals surface area (Å²) < 4.78 is 1.99. The predicted molar refractivity (Wildman–Crippen MR) is 60.1 cm³/mol. The summed E-state index contributed by atoms with van der Waals surface area (Å²) in [4.78, 5) is 8.61. The van der Waals surface area contributed by atoms with E-state index in [-0.39, 0.29) is 6.10 Å². The number of nitrogen functional groups attached to an aromatic ring is 1. The zero-order chi connectivity index (χ0) is 11.3. The van der Waals surface area contributed by atoms with E-state index < -0.39 is 0 Å². The molecule has 0 spiro atoms. The van der Waals surface area contributed by atoms with Gasteiger partial charge in [0.25, 0.3) is 0 Å². The Morgan fingerprint density at radius 2 is 2.25 bits per heavy atom. The molecule has 1 aliphatic rings. The highest BCUT2D eigenvalue weighted by atomic mass is 16.3. The third-order valence-corrected chi connectivity index (χ3v) is 3.26. The van der Waals surface area contributed by atoms with E-state index in [0.717, 1.165) is 29.9 Å². The molecular formula is C11H14N4O. The van der Waals surface area contributed by atoms with Crippen LogP contribution in [-0.4, -0.2) is 25.6 Å². The molecule has 1 fully saturated rings. The van der Waals surface area contributed by atoms with Crippen molar-refractivity contribution in [1.82, 2.24) is 14.4 Å². The molecule has 0 radical (unpaired) electrons. The molecule has 0 amide bonds. The fraction of sp³-hybridized carbons (Fsp3) is 0.455. The molecule has 3 rings (SSSR count). The van der Waals surface area contributed by atoms with E-state index in [4.69, 9.17) is 5.73 Å². The summed E-state index contributed by atoms with van der Waals surface area (Å²) >= 11 is 0. The Labute approximate surface area is 92.9 Å². The van der Waals surface area contributed by atoms with Crippen molar-refractivity contribution < 1.29 is 5.11 Å². The van der Waals surface area contributed by atoms with Gasteiger partial charge in [-0.1, -0.05) is 0 Å². The number of aliphatic hydroxyl groups is 1. The van der Waals surface area contributed by atoms with Gasteiger partial charge < -0.3 is 10.8 Å². The molecule has 0 atom stereocenters. The lowest BCUT2D eigenvalue weighted by molar-refractivity contribution is 0.0715. The van der Waals surface area contributed by atoms with Crippen LogP contribution in [0.15, 0.2) is 12.4 Å². The first-order chi connectivity index (χ1) is 7.66. The van der Waals surface area contributed by atoms with Gasteiger partial charge in [-0.3, -0.25) is 4.40 Å². The number of hydrogen-bond donors (Lipinski definition) is 2. The number of imidazole rings is 1. The average Bonchev–Trinajstić information content (AvgIpc) is 2.53. The smallest absolute Gasteiger partial charge is 0.149 e. The van der Waals surface area contributed by atoms with Crippen LogP contribution in [0.3, 0.4) is 0 Å². The number of rotatable bonds is 1. The number of anilines is 1. The zero-order valence-corrected chi connectivity index (χ0v) is 9.09. The van der Waals surface area contributed by atoms with Crippen molar-refractivity contribution in [2.45, 2.75) is 31.8 Å². The summed E-state index contributed by atoms with van der Waals surface area (Å²) in [6.45, 7) is 1.94. The van der Waals surface area contributed by atoms with Crippen LogP contribution in [0.5, 0.6) is 0 Å². The van der Waals surface area contributed by atoms with E-state index in [1.165, 1.54) is 0 Å². The fourth-order valence-electron chi connectivity index (χ4n) is 2.36. The van der Waals surface area contributed by atoms with Crippen molar-refractivity contribution in [2.24, 2.45) is 0 Å². The molecule has 2 aromatic heterocycles. The molecule has 2 aromatic rings. The van der Waals surface area contributed by atoms with E-state index in [2.05, 4.69) is 9.97 Å². The molecule has 0 unspecified atom stereocenters. The monoisotopic (exact) mass is 218 g/mol. The summed E-state index contributed by atoms with van der Waals surface area (Å²) in [5.41, 5.74) is 7.63. The summed E-state index contributed by atoms with van der Waals surface area (Å²) in [6.07, 6.45) is 4.98. The highest BCUT2D eigenvalue weighted by Crippen LogP contribution is 2.37. The molecule has 5 heteroatoms. The minimum absolute atomic E-state index is 0.170. The fourth-order valence-corrected chi connectivity index (χ4v) is 2.36. The number of nitrogens with two attached hydrogens (primary N) is 1. The van der Waals surface area contributed by atoms with E-state index in [9.17, 15) is 5.11 Å². The molecule has 0 aromatic carbocycles. The molecule has 84 valence electrons. The average molecular weight is 218 g/mol. The number of aliphatic hydroxyl groups excluding tert-OH is 1. The maximum atomic E-state index is 9.34. The van der Waals surface area contributed by atoms with E-state index in [1.807, 2.05) is 17.5 Å². The van der Waals surface area contributed by atoms with Gasteiger partial charge in [0.05, 0.1) is 11.8 Å². The molecule has 5 nitrogen and oxygen atoms in total. The van der Waals surface area contributed by atoms with Gasteiger partial charge in [0.1, 0.15) is 17.2 Å². The van der Waals surface area contributed by atoms with Gasteiger partial charge in [-0.15, -0.1) is 0 Å². The van der Waals surface area contributed by atoms with E-state index >= 15 is 0 Å². The number of fused-ring (bicyclic) bond motifs is 1. The first kappa shape index (κ1) is 9.59. The Morgan fingerprint density at radius 1 is 1.50 bits per heavy atom. The van der Waals surface area contributed by atoms with Crippen molar-refractivity contribution in [3.8, 4) is 0 Å². The van der Waals surface area contributed by atoms with Crippen molar-refractivity contribution >= 4 is 11.3 Å². The van der Waals surface area contributed by atoms with Crippen LogP contribution < -0.4 is 5.73 Å². The predicted octanol–water partition coefficient (Wildman–Crippen LogP) is 0.858. The molecule has 1 aliphatic carbocycles. The molecule has 1 saturated carbocycles. The summed E-state index contributed by atoms with van der Waals surface area (Å²) in [5.74, 6) is 1.85. The maximum Gasteiger partial charge on any atom is 0.149 e. The Balaban J connectivity index is 2.16. The summed E-state index contributed by atoms with van der Waals surface area (Å²) in [6, 6.07) is 0. The number of aromatic nitrogens is 3. The summed E-state index contributed by atoms with van der Waals surface area (Å²) in [7, 11) is 0. The molecular weight excluding hydrogens is 204 g/mol. The second kappa shape index (κ2) is 3.18. The minimum atomic E-state index is -0.170. The summed E-state index contributed by atoms with van der Waals surface area (Å²) in [5, 5.41) is 9.34. The van der Waals surface area contributed by atoms with Crippen molar-refractivity contribution in [3.63, 3.8) is 0 Å². The SMILES string of the molecule is Cc1nc(C2CC(O)C2)n2ccnc(N)c12. The quantitative estimate of drug-likeness (QED) is 0.744. The lowest BCUT2D eigenvalue weighted by Gasteiger charge is -2.30. The van der Waals surface area contributed by atoms with Crippen molar-refractivity contribution in [2.75, 3.05) is 5.73 Å². The third-order valence-electron chi connectivity index (χ3n) is 3.26. The highest BCUT2D eigenvalue weighted by molar-refractivity contribution is 5.68. The Kier molecular flexibility index (Phi) is 1.91. The normalized spacial score (nSPS) is 24.6. The van der Waals surface area contributed by atoms with Crippen LogP contribution in [0.1, 0.15) is 30.3 Å². The maximum absolute atomic E-state index is 9.34. The van der Waals surface area contributed by atoms with Crippen LogP contribution >= 0.6 is 0 Å². The second-order valence-corrected chi connectivity index (χ2v) is 4.41. The largest absolute Gasteiger partial charge is 0.393 e. The molecule has 0 aliphatic heterocycles. The standard InChI is InChI=1S/C11H14N4O/c1-6-9-10(12)13-2-3-15(9)11(14-6)7-4-8(16)5-7/h2-3,7-8,16H,4-5H2,1H3,(H2,12,13). The van der Waals surface area contributed by atoms with Gasteiger partial charge in [-0.05, 0) is 19.8 Å². The molecule has 3 N–H and O–H groups in total. The van der Waals surface area contributed by atoms with E-state index in [1.54, 1.807) is 6.20 Å². The molecule has 0 bridgehead atoms. The van der Waals surface area contributed by atoms with Gasteiger partial charge in [0, 0.05) is 18.3 Å². The Bertz CT molecular complexity index is 542. The first-order valence-electron chi connectivity index (χ1n) is 5.44. The lowest BCUT2D eigenvalue weighted by atomic mass is 9.82. The van der Waals surface area contributed by atoms with Crippen molar-refractivity contribution in [1.29, 1.82) is 0 Å². The molecule has 16 heavy (non-hydrogen) atoms. The third kappa shape index (κ3) is 1.21. The van der Waals surface area contributed by atoms with Crippen LogP contribution in [0.4, 0.5) is 5.82 Å². The van der Waals surface area contributed by atoms with E-state index in [0.29, 0.717) is 11.7 Å². The first-order valence-corrected chi connectivity index (χ1v) is 5.44. The Morgan fingerprint density at radius 3 is 2.94 bits per heavy atom. The number of nitrogens with zero attached hydrogens (tertiary/aromatic N) is 3. The van der Waals surface area contributed by atoms with Gasteiger partial charge in [0.2, 0.25) is 0 Å². The van der Waals surface area contributed by atoms with Crippen molar-refractivity contribution in [3.05, 3.63) is 23.9 Å². The van der Waals surface area contributed by atoms with Crippen LogP contribution in [0, 0.1) is 6.92 Å². The minimum Gasteiger partial charge on any atom is -0.393 e. The van der Waals surface area contributed by atoms with Crippen LogP contribution in [0.2, 0.25) is 0 Å². The highest BCUT2D eigenvalue weighted by Gasteiger charge is 2.32. The van der Waals surface area contributed by atoms with Gasteiger partial charge in [-0.2, -0.15) is 0 Å². The number of aryl methyl sites for hydroxylation is 1. The Hall–Kier alpha value is -1.62. The molecule has 0 saturated heterocycles. The number of hydrogen-bond acceptors (Lipinski definition) is 4. The second-order valence-electron chi connectivity index (χ2n) is 4.41.